The molecule has 31 heavy (non-hydrogen) atoms. The van der Waals surface area contributed by atoms with E-state index >= 15 is 0 Å². The van der Waals surface area contributed by atoms with Crippen molar-refractivity contribution in [2.75, 3.05) is 26.7 Å². The maximum Gasteiger partial charge on any atom is 0.290 e. The van der Waals surface area contributed by atoms with E-state index in [-0.39, 0.29) is 29.7 Å². The number of carbonyl (C=O) groups is 3. The van der Waals surface area contributed by atoms with Gasteiger partial charge in [-0.25, -0.2) is 0 Å². The fraction of sp³-hybridized carbons (Fsp3) is 0.524. The van der Waals surface area contributed by atoms with E-state index in [1.165, 1.54) is 12.5 Å². The number of hydrogen-bond acceptors (Lipinski definition) is 6. The standard InChI is InChI=1S/C20H25N5O3.CH2O2/c1-24-6-2-15-14(11-24)17(23-22-15)18(26)21-16-10-20(16)4-7-25(8-5-20)19(27)13-3-9-28-12-13;2-1-3/h3,9,12,16H,2,4-8,10-11H2,1H3,(H,21,26)(H,22,23);1H,(H,2,3). The number of nitrogens with one attached hydrogen (secondary N) is 2. The lowest BCUT2D eigenvalue weighted by Crippen LogP contribution is -2.41. The number of likely N-dealkylation sites (tertiary alicyclic amines) is 1. The number of nitrogens with zero attached hydrogens (tertiary/aromatic N) is 3. The summed E-state index contributed by atoms with van der Waals surface area (Å²) in [5, 5.41) is 17.4. The molecule has 1 aliphatic carbocycles. The van der Waals surface area contributed by atoms with Gasteiger partial charge in [0.1, 0.15) is 6.26 Å². The van der Waals surface area contributed by atoms with Crippen molar-refractivity contribution in [2.45, 2.75) is 38.3 Å². The molecule has 10 heteroatoms. The summed E-state index contributed by atoms with van der Waals surface area (Å²) in [4.78, 5) is 37.7. The molecule has 3 N–H and O–H groups in total. The van der Waals surface area contributed by atoms with Crippen LogP contribution in [0.1, 0.15) is 51.4 Å². The molecule has 1 spiro atoms. The molecule has 1 saturated carbocycles. The van der Waals surface area contributed by atoms with E-state index in [1.807, 2.05) is 4.90 Å². The predicted octanol–water partition coefficient (Wildman–Crippen LogP) is 1.12. The maximum atomic E-state index is 12.8. The van der Waals surface area contributed by atoms with Gasteiger partial charge in [0.25, 0.3) is 18.3 Å². The number of carboxylic acid groups (broad SMARTS) is 1. The third kappa shape index (κ3) is 4.20. The lowest BCUT2D eigenvalue weighted by Gasteiger charge is -2.32. The summed E-state index contributed by atoms with van der Waals surface area (Å²) in [6, 6.07) is 1.88. The van der Waals surface area contributed by atoms with Crippen molar-refractivity contribution in [3.05, 3.63) is 41.1 Å². The first-order valence-electron chi connectivity index (χ1n) is 10.4. The molecule has 2 fully saturated rings. The van der Waals surface area contributed by atoms with Crippen LogP contribution < -0.4 is 5.32 Å². The van der Waals surface area contributed by atoms with Crippen molar-refractivity contribution in [3.8, 4) is 0 Å². The Morgan fingerprint density at radius 1 is 1.35 bits per heavy atom. The minimum Gasteiger partial charge on any atom is -0.483 e. The van der Waals surface area contributed by atoms with Crippen LogP contribution in [0, 0.1) is 5.41 Å². The zero-order valence-corrected chi connectivity index (χ0v) is 17.5. The first-order valence-corrected chi connectivity index (χ1v) is 10.4. The van der Waals surface area contributed by atoms with Crippen molar-refractivity contribution in [2.24, 2.45) is 5.41 Å². The quantitative estimate of drug-likeness (QED) is 0.623. The van der Waals surface area contributed by atoms with Gasteiger partial charge in [-0.15, -0.1) is 0 Å². The number of fused-ring (bicyclic) bond motifs is 1. The number of piperidine rings is 1. The lowest BCUT2D eigenvalue weighted by molar-refractivity contribution is -0.122. The Labute approximate surface area is 179 Å². The minimum absolute atomic E-state index is 0.0251. The van der Waals surface area contributed by atoms with E-state index in [1.54, 1.807) is 6.07 Å². The maximum absolute atomic E-state index is 12.8. The van der Waals surface area contributed by atoms with E-state index in [4.69, 9.17) is 14.3 Å². The highest BCUT2D eigenvalue weighted by atomic mass is 16.3. The van der Waals surface area contributed by atoms with Crippen molar-refractivity contribution < 1.29 is 23.9 Å². The monoisotopic (exact) mass is 429 g/mol. The van der Waals surface area contributed by atoms with Crippen LogP contribution in [0.25, 0.3) is 0 Å². The fourth-order valence-electron chi connectivity index (χ4n) is 4.67. The van der Waals surface area contributed by atoms with Crippen LogP contribution in [-0.4, -0.2) is 76.1 Å². The molecule has 4 heterocycles. The van der Waals surface area contributed by atoms with Crippen molar-refractivity contribution in [1.82, 2.24) is 25.3 Å². The summed E-state index contributed by atoms with van der Waals surface area (Å²) in [6.45, 7) is 2.93. The normalized spacial score (nSPS) is 21.6. The molecule has 2 aromatic rings. The van der Waals surface area contributed by atoms with Crippen LogP contribution in [0.4, 0.5) is 0 Å². The van der Waals surface area contributed by atoms with Crippen LogP contribution >= 0.6 is 0 Å². The average Bonchev–Trinajstić information content (AvgIpc) is 3.15. The van der Waals surface area contributed by atoms with E-state index < -0.39 is 0 Å². The SMILES string of the molecule is CN1CCc2[nH]nc(C(=O)NC3CC34CCN(C(=O)c3ccoc3)CC4)c2C1.O=CO. The van der Waals surface area contributed by atoms with Gasteiger partial charge < -0.3 is 24.6 Å². The lowest BCUT2D eigenvalue weighted by atomic mass is 9.92. The summed E-state index contributed by atoms with van der Waals surface area (Å²) < 4.78 is 5.02. The second-order valence-electron chi connectivity index (χ2n) is 8.52. The van der Waals surface area contributed by atoms with E-state index in [2.05, 4.69) is 27.5 Å². The third-order valence-corrected chi connectivity index (χ3v) is 6.65. The first kappa shape index (κ1) is 21.1. The van der Waals surface area contributed by atoms with Gasteiger partial charge >= 0.3 is 0 Å². The van der Waals surface area contributed by atoms with Gasteiger partial charge in [0, 0.05) is 49.9 Å². The van der Waals surface area contributed by atoms with Gasteiger partial charge in [-0.2, -0.15) is 5.10 Å². The van der Waals surface area contributed by atoms with Crippen molar-refractivity contribution in [3.63, 3.8) is 0 Å². The summed E-state index contributed by atoms with van der Waals surface area (Å²) in [5.41, 5.74) is 3.39. The molecule has 10 nitrogen and oxygen atoms in total. The van der Waals surface area contributed by atoms with E-state index in [0.717, 1.165) is 63.1 Å². The average molecular weight is 429 g/mol. The topological polar surface area (TPSA) is 132 Å². The van der Waals surface area contributed by atoms with Crippen LogP contribution in [0.2, 0.25) is 0 Å². The second kappa shape index (κ2) is 8.54. The highest BCUT2D eigenvalue weighted by molar-refractivity contribution is 5.95. The molecular weight excluding hydrogens is 402 g/mol. The van der Waals surface area contributed by atoms with Crippen molar-refractivity contribution >= 4 is 18.3 Å². The number of aromatic nitrogens is 2. The summed E-state index contributed by atoms with van der Waals surface area (Å²) >= 11 is 0. The zero-order chi connectivity index (χ0) is 22.0. The predicted molar refractivity (Wildman–Crippen MR) is 109 cm³/mol. The smallest absolute Gasteiger partial charge is 0.290 e. The zero-order valence-electron chi connectivity index (χ0n) is 17.5. The van der Waals surface area contributed by atoms with Gasteiger partial charge in [0.15, 0.2) is 5.69 Å². The molecule has 2 amide bonds. The number of amides is 2. The Balaban J connectivity index is 0.000000730. The van der Waals surface area contributed by atoms with Crippen LogP contribution in [0.15, 0.2) is 23.0 Å². The minimum atomic E-state index is -0.250. The van der Waals surface area contributed by atoms with Crippen LogP contribution in [0.5, 0.6) is 0 Å². The van der Waals surface area contributed by atoms with E-state index in [0.29, 0.717) is 11.3 Å². The van der Waals surface area contributed by atoms with Gasteiger partial charge in [-0.05, 0) is 37.8 Å². The molecule has 1 unspecified atom stereocenters. The molecule has 0 aromatic carbocycles. The molecule has 3 aliphatic rings. The number of aromatic amines is 1. The highest BCUT2D eigenvalue weighted by Gasteiger charge is 2.56. The summed E-state index contributed by atoms with van der Waals surface area (Å²) in [6.07, 6.45) is 6.75. The molecule has 2 aliphatic heterocycles. The van der Waals surface area contributed by atoms with Gasteiger partial charge in [0.2, 0.25) is 0 Å². The Bertz CT molecular complexity index is 946. The first-order chi connectivity index (χ1) is 15.0. The second-order valence-corrected chi connectivity index (χ2v) is 8.52. The number of likely N-dealkylation sites (N-methyl/N-ethyl adjacent to an activating group) is 1. The van der Waals surface area contributed by atoms with Crippen LogP contribution in [-0.2, 0) is 17.8 Å². The number of carbonyl (C=O) groups excluding carboxylic acids is 2. The highest BCUT2D eigenvalue weighted by Crippen LogP contribution is 2.54. The number of furan rings is 1. The molecule has 166 valence electrons. The molecule has 5 rings (SSSR count). The van der Waals surface area contributed by atoms with Crippen LogP contribution in [0.3, 0.4) is 0 Å². The summed E-state index contributed by atoms with van der Waals surface area (Å²) in [7, 11) is 2.06. The molecular formula is C21H27N5O5. The molecule has 2 aromatic heterocycles. The Morgan fingerprint density at radius 3 is 2.77 bits per heavy atom. The summed E-state index contributed by atoms with van der Waals surface area (Å²) in [5.74, 6) is -0.0521. The van der Waals surface area contributed by atoms with Crippen molar-refractivity contribution in [1.29, 1.82) is 0 Å². The third-order valence-electron chi connectivity index (χ3n) is 6.65. The molecule has 1 atom stereocenters. The molecule has 0 radical (unpaired) electrons. The largest absolute Gasteiger partial charge is 0.483 e. The number of rotatable bonds is 3. The molecule has 0 bridgehead atoms. The number of H-pyrrole nitrogens is 1. The Hall–Kier alpha value is -3.14. The van der Waals surface area contributed by atoms with Gasteiger partial charge in [-0.1, -0.05) is 0 Å². The number of hydrogen-bond donors (Lipinski definition) is 3. The van der Waals surface area contributed by atoms with E-state index in [9.17, 15) is 9.59 Å². The van der Waals surface area contributed by atoms with Gasteiger partial charge in [0.05, 0.1) is 11.8 Å². The van der Waals surface area contributed by atoms with Gasteiger partial charge in [-0.3, -0.25) is 19.5 Å². The fourth-order valence-corrected chi connectivity index (χ4v) is 4.67. The Kier molecular flexibility index (Phi) is 5.81. The Morgan fingerprint density at radius 2 is 2.10 bits per heavy atom. The molecule has 1 saturated heterocycles.